The van der Waals surface area contributed by atoms with Crippen LogP contribution in [0.5, 0.6) is 0 Å². The second-order valence-electron chi connectivity index (χ2n) is 5.52. The Kier molecular flexibility index (Phi) is 2.27. The molecule has 1 nitrogen and oxygen atoms in total. The highest BCUT2D eigenvalue weighted by atomic mass is 31.0. The third kappa shape index (κ3) is 1.75. The van der Waals surface area contributed by atoms with Crippen molar-refractivity contribution in [2.24, 2.45) is 0 Å². The molecule has 0 N–H and O–H groups in total. The van der Waals surface area contributed by atoms with Crippen molar-refractivity contribution in [3.05, 3.63) is 41.8 Å². The van der Waals surface area contributed by atoms with E-state index in [1.54, 1.807) is 0 Å². The van der Waals surface area contributed by atoms with Crippen LogP contribution in [-0.4, -0.2) is 4.98 Å². The maximum Gasteiger partial charge on any atom is 0.0825 e. The van der Waals surface area contributed by atoms with Crippen molar-refractivity contribution >= 4 is 29.6 Å². The molecule has 2 heteroatoms. The topological polar surface area (TPSA) is 12.9 Å². The first kappa shape index (κ1) is 10.8. The van der Waals surface area contributed by atoms with Gasteiger partial charge < -0.3 is 0 Å². The zero-order valence-electron chi connectivity index (χ0n) is 10.4. The van der Waals surface area contributed by atoms with Gasteiger partial charge >= 0.3 is 0 Å². The first-order valence-electron chi connectivity index (χ1n) is 5.94. The van der Waals surface area contributed by atoms with Crippen LogP contribution in [0.1, 0.15) is 26.2 Å². The first-order valence-corrected chi connectivity index (χ1v) is 6.94. The number of hydrogen-bond acceptors (Lipinski definition) is 1. The summed E-state index contributed by atoms with van der Waals surface area (Å²) in [7, 11) is 0.736. The minimum absolute atomic E-state index is 0.179. The lowest BCUT2D eigenvalue weighted by Gasteiger charge is -2.14. The number of rotatable bonds is 0. The molecule has 2 aromatic carbocycles. The van der Waals surface area contributed by atoms with Crippen LogP contribution in [0.2, 0.25) is 0 Å². The third-order valence-corrected chi connectivity index (χ3v) is 4.86. The van der Waals surface area contributed by atoms with Crippen molar-refractivity contribution in [2.45, 2.75) is 26.2 Å². The molecule has 1 aromatic heterocycles. The number of hydrogen-bond donors (Lipinski definition) is 0. The lowest BCUT2D eigenvalue weighted by atomic mass is 9.98. The summed E-state index contributed by atoms with van der Waals surface area (Å²) in [5.41, 5.74) is 2.70. The molecule has 0 aliphatic carbocycles. The van der Waals surface area contributed by atoms with E-state index in [-0.39, 0.29) is 5.41 Å². The smallest absolute Gasteiger partial charge is 0.0825 e. The highest BCUT2D eigenvalue weighted by Crippen LogP contribution is 2.37. The Balaban J connectivity index is 2.39. The minimum atomic E-state index is 0.179. The van der Waals surface area contributed by atoms with Crippen molar-refractivity contribution in [3.63, 3.8) is 0 Å². The highest BCUT2D eigenvalue weighted by molar-refractivity contribution is 7.37. The van der Waals surface area contributed by atoms with Gasteiger partial charge in [-0.25, -0.2) is 4.98 Å². The molecule has 0 aliphatic rings. The molecule has 86 valence electrons. The Hall–Kier alpha value is -1.33. The fourth-order valence-electron chi connectivity index (χ4n) is 2.10. The van der Waals surface area contributed by atoms with Gasteiger partial charge in [-0.2, -0.15) is 0 Å². The summed E-state index contributed by atoms with van der Waals surface area (Å²) < 4.78 is 0. The van der Waals surface area contributed by atoms with Gasteiger partial charge in [-0.1, -0.05) is 51.1 Å². The van der Waals surface area contributed by atoms with E-state index >= 15 is 0 Å². The van der Waals surface area contributed by atoms with Crippen molar-refractivity contribution in [1.29, 1.82) is 0 Å². The molecule has 0 amide bonds. The number of nitrogens with zero attached hydrogens (tertiary/aromatic N) is 1. The normalized spacial score (nSPS) is 12.9. The van der Waals surface area contributed by atoms with Crippen LogP contribution >= 0.6 is 8.19 Å². The number of aromatic nitrogens is 1. The average Bonchev–Trinajstić information content (AvgIpc) is 2.72. The van der Waals surface area contributed by atoms with Gasteiger partial charge in [-0.3, -0.25) is 0 Å². The predicted molar refractivity (Wildman–Crippen MR) is 77.5 cm³/mol. The second kappa shape index (κ2) is 3.58. The van der Waals surface area contributed by atoms with Crippen molar-refractivity contribution in [3.8, 4) is 0 Å². The summed E-state index contributed by atoms with van der Waals surface area (Å²) >= 11 is 0. The fourth-order valence-corrected chi connectivity index (χ4v) is 3.37. The lowest BCUT2D eigenvalue weighted by Crippen LogP contribution is -2.09. The van der Waals surface area contributed by atoms with Gasteiger partial charge in [0.2, 0.25) is 0 Å². The molecule has 0 bridgehead atoms. The molecule has 1 heterocycles. The summed E-state index contributed by atoms with van der Waals surface area (Å²) in [6, 6.07) is 13.0. The van der Waals surface area contributed by atoms with Crippen molar-refractivity contribution < 1.29 is 0 Å². The summed E-state index contributed by atoms with van der Waals surface area (Å²) in [5, 5.41) is 3.97. The Morgan fingerprint density at radius 3 is 2.53 bits per heavy atom. The molecular weight excluding hydrogens is 225 g/mol. The SMILES string of the molecule is CC(C)(C)c1nc2c(ccc3ccccc32)[pH]1. The quantitative estimate of drug-likeness (QED) is 0.555. The Labute approximate surface area is 103 Å². The predicted octanol–water partition coefficient (Wildman–Crippen LogP) is 4.72. The van der Waals surface area contributed by atoms with Crippen LogP contribution in [0, 0.1) is 0 Å². The summed E-state index contributed by atoms with van der Waals surface area (Å²) in [5.74, 6) is 0. The first-order chi connectivity index (χ1) is 8.05. The van der Waals surface area contributed by atoms with E-state index < -0.39 is 0 Å². The van der Waals surface area contributed by atoms with Gasteiger partial charge in [-0.05, 0) is 11.5 Å². The van der Waals surface area contributed by atoms with Crippen molar-refractivity contribution in [2.75, 3.05) is 0 Å². The molecule has 1 atom stereocenters. The van der Waals surface area contributed by atoms with Gasteiger partial charge in [-0.15, -0.1) is 8.19 Å². The average molecular weight is 241 g/mol. The Morgan fingerprint density at radius 1 is 1.00 bits per heavy atom. The van der Waals surface area contributed by atoms with Crippen LogP contribution in [-0.2, 0) is 5.41 Å². The summed E-state index contributed by atoms with van der Waals surface area (Å²) in [6.07, 6.45) is 0. The molecule has 0 radical (unpaired) electrons. The summed E-state index contributed by atoms with van der Waals surface area (Å²) in [6.45, 7) is 6.73. The molecule has 3 aromatic rings. The zero-order valence-corrected chi connectivity index (χ0v) is 11.4. The van der Waals surface area contributed by atoms with Crippen LogP contribution in [0.4, 0.5) is 0 Å². The third-order valence-electron chi connectivity index (χ3n) is 3.09. The zero-order chi connectivity index (χ0) is 12.0. The number of benzene rings is 2. The lowest BCUT2D eigenvalue weighted by molar-refractivity contribution is 0.587. The van der Waals surface area contributed by atoms with E-state index in [1.165, 1.54) is 26.8 Å². The van der Waals surface area contributed by atoms with Gasteiger partial charge in [0.25, 0.3) is 0 Å². The van der Waals surface area contributed by atoms with Gasteiger partial charge in [0.05, 0.1) is 10.9 Å². The van der Waals surface area contributed by atoms with Gasteiger partial charge in [0.15, 0.2) is 0 Å². The Morgan fingerprint density at radius 2 is 1.76 bits per heavy atom. The summed E-state index contributed by atoms with van der Waals surface area (Å²) in [4.78, 5) is 4.88. The molecule has 0 saturated heterocycles. The molecule has 0 spiro atoms. The molecule has 0 saturated carbocycles. The van der Waals surface area contributed by atoms with E-state index in [2.05, 4.69) is 57.2 Å². The standard InChI is InChI=1S/C15H16NP/c1-15(2,3)14-16-13-11-7-5-4-6-10(11)8-9-12(13)17-14/h4-9,17H,1-3H3. The van der Waals surface area contributed by atoms with E-state index in [9.17, 15) is 0 Å². The maximum atomic E-state index is 4.88. The molecule has 0 aliphatic heterocycles. The minimum Gasteiger partial charge on any atom is -0.247 e. The molecular formula is C15H16NP. The highest BCUT2D eigenvalue weighted by Gasteiger charge is 2.18. The second-order valence-corrected chi connectivity index (χ2v) is 6.78. The maximum absolute atomic E-state index is 4.88. The van der Waals surface area contributed by atoms with E-state index in [1.807, 2.05) is 0 Å². The largest absolute Gasteiger partial charge is 0.247 e. The fraction of sp³-hybridized carbons (Fsp3) is 0.267. The van der Waals surface area contributed by atoms with E-state index in [4.69, 9.17) is 4.98 Å². The molecule has 17 heavy (non-hydrogen) atoms. The molecule has 1 unspecified atom stereocenters. The molecule has 3 rings (SSSR count). The van der Waals surface area contributed by atoms with Crippen LogP contribution < -0.4 is 0 Å². The van der Waals surface area contributed by atoms with Crippen LogP contribution in [0.3, 0.4) is 0 Å². The molecule has 0 fully saturated rings. The van der Waals surface area contributed by atoms with Gasteiger partial charge in [0.1, 0.15) is 0 Å². The number of fused-ring (bicyclic) bond motifs is 3. The van der Waals surface area contributed by atoms with Crippen molar-refractivity contribution in [1.82, 2.24) is 4.98 Å². The van der Waals surface area contributed by atoms with Gasteiger partial charge in [0, 0.05) is 15.9 Å². The Bertz CT molecular complexity index is 689. The van der Waals surface area contributed by atoms with E-state index in [0.717, 1.165) is 8.19 Å². The van der Waals surface area contributed by atoms with Crippen LogP contribution in [0.15, 0.2) is 36.4 Å². The van der Waals surface area contributed by atoms with Crippen LogP contribution in [0.25, 0.3) is 21.4 Å². The van der Waals surface area contributed by atoms with E-state index in [0.29, 0.717) is 0 Å². The monoisotopic (exact) mass is 241 g/mol.